The third-order valence-electron chi connectivity index (χ3n) is 6.31. The number of sulfonamides is 1. The Morgan fingerprint density at radius 2 is 1.72 bits per heavy atom. The Bertz CT molecular complexity index is 1230. The van der Waals surface area contributed by atoms with Gasteiger partial charge in [0.2, 0.25) is 21.8 Å². The third kappa shape index (κ3) is 7.28. The van der Waals surface area contributed by atoms with Gasteiger partial charge in [0.25, 0.3) is 0 Å². The molecule has 0 aliphatic heterocycles. The first kappa shape index (κ1) is 28.6. The van der Waals surface area contributed by atoms with Crippen molar-refractivity contribution in [3.05, 3.63) is 62.6 Å². The number of nitrogens with one attached hydrogen (secondary N) is 1. The van der Waals surface area contributed by atoms with Gasteiger partial charge >= 0.3 is 0 Å². The summed E-state index contributed by atoms with van der Waals surface area (Å²) in [5, 5.41) is 4.16. The van der Waals surface area contributed by atoms with E-state index in [1.807, 2.05) is 0 Å². The Morgan fingerprint density at radius 1 is 1.06 bits per heavy atom. The lowest BCUT2D eigenvalue weighted by atomic mass is 10.1. The van der Waals surface area contributed by atoms with Gasteiger partial charge in [0.15, 0.2) is 0 Å². The molecule has 2 amide bonds. The molecule has 2 aromatic rings. The van der Waals surface area contributed by atoms with E-state index >= 15 is 0 Å². The fraction of sp³-hybridized carbons (Fsp3) is 0.440. The van der Waals surface area contributed by atoms with E-state index in [0.717, 1.165) is 36.2 Å². The molecule has 1 fully saturated rings. The number of aryl methyl sites for hydroxylation is 1. The highest BCUT2D eigenvalue weighted by Gasteiger charge is 2.31. The van der Waals surface area contributed by atoms with E-state index in [2.05, 4.69) is 5.32 Å². The van der Waals surface area contributed by atoms with Gasteiger partial charge in [-0.3, -0.25) is 13.9 Å². The van der Waals surface area contributed by atoms with E-state index < -0.39 is 28.5 Å². The Balaban J connectivity index is 1.92. The number of rotatable bonds is 9. The third-order valence-corrected chi connectivity index (χ3v) is 8.41. The standard InChI is InChI=1S/C25H30Cl3N3O4S/c1-16-12-19(26)9-11-23(16)31(36(3,34)35)15-24(32)30(14-18-8-10-21(27)22(28)13-18)17(2)25(33)29-20-6-4-5-7-20/h8-13,17,20H,4-7,14-15H2,1-3H3,(H,29,33). The maximum Gasteiger partial charge on any atom is 0.244 e. The van der Waals surface area contributed by atoms with Gasteiger partial charge in [-0.25, -0.2) is 8.42 Å². The number of hydrogen-bond acceptors (Lipinski definition) is 4. The van der Waals surface area contributed by atoms with Gasteiger partial charge in [0, 0.05) is 17.6 Å². The fourth-order valence-electron chi connectivity index (χ4n) is 4.30. The Kier molecular flexibility index (Phi) is 9.55. The summed E-state index contributed by atoms with van der Waals surface area (Å²) in [7, 11) is -3.83. The van der Waals surface area contributed by atoms with Gasteiger partial charge in [-0.2, -0.15) is 0 Å². The van der Waals surface area contributed by atoms with Crippen molar-refractivity contribution in [3.8, 4) is 0 Å². The van der Waals surface area contributed by atoms with E-state index in [0.29, 0.717) is 31.9 Å². The van der Waals surface area contributed by atoms with Crippen LogP contribution in [0.5, 0.6) is 0 Å². The summed E-state index contributed by atoms with van der Waals surface area (Å²) in [6, 6.07) is 8.95. The Morgan fingerprint density at radius 3 is 2.31 bits per heavy atom. The molecule has 0 bridgehead atoms. The van der Waals surface area contributed by atoms with Crippen molar-refractivity contribution in [1.82, 2.24) is 10.2 Å². The molecule has 2 aromatic carbocycles. The van der Waals surface area contributed by atoms with Gasteiger partial charge < -0.3 is 10.2 Å². The van der Waals surface area contributed by atoms with Crippen molar-refractivity contribution in [3.63, 3.8) is 0 Å². The van der Waals surface area contributed by atoms with E-state index in [1.165, 1.54) is 4.90 Å². The zero-order valence-electron chi connectivity index (χ0n) is 20.4. The van der Waals surface area contributed by atoms with Gasteiger partial charge in [0.1, 0.15) is 12.6 Å². The normalized spacial score (nSPS) is 14.9. The summed E-state index contributed by atoms with van der Waals surface area (Å²) in [5.74, 6) is -0.821. The molecule has 0 spiro atoms. The molecule has 1 saturated carbocycles. The molecule has 7 nitrogen and oxygen atoms in total. The van der Waals surface area contributed by atoms with Crippen molar-refractivity contribution in [2.75, 3.05) is 17.1 Å². The first-order valence-corrected chi connectivity index (χ1v) is 14.6. The molecule has 0 radical (unpaired) electrons. The maximum atomic E-state index is 13.6. The van der Waals surface area contributed by atoms with Crippen LogP contribution in [0.15, 0.2) is 36.4 Å². The molecule has 1 unspecified atom stereocenters. The minimum Gasteiger partial charge on any atom is -0.352 e. The number of halogens is 3. The lowest BCUT2D eigenvalue weighted by molar-refractivity contribution is -0.139. The van der Waals surface area contributed by atoms with E-state index in [-0.39, 0.29) is 18.5 Å². The second kappa shape index (κ2) is 12.0. The van der Waals surface area contributed by atoms with E-state index in [9.17, 15) is 18.0 Å². The zero-order chi connectivity index (χ0) is 26.6. The van der Waals surface area contributed by atoms with Crippen LogP contribution in [-0.2, 0) is 26.2 Å². The van der Waals surface area contributed by atoms with Crippen LogP contribution in [0, 0.1) is 6.92 Å². The molecule has 0 heterocycles. The van der Waals surface area contributed by atoms with Crippen LogP contribution in [0.3, 0.4) is 0 Å². The predicted molar refractivity (Wildman–Crippen MR) is 145 cm³/mol. The van der Waals surface area contributed by atoms with Crippen molar-refractivity contribution < 1.29 is 18.0 Å². The highest BCUT2D eigenvalue weighted by atomic mass is 35.5. The number of carbonyl (C=O) groups excluding carboxylic acids is 2. The molecule has 196 valence electrons. The molecular weight excluding hydrogens is 545 g/mol. The van der Waals surface area contributed by atoms with Crippen LogP contribution >= 0.6 is 34.8 Å². The number of anilines is 1. The minimum absolute atomic E-state index is 0.0478. The summed E-state index contributed by atoms with van der Waals surface area (Å²) in [6.07, 6.45) is 4.94. The maximum absolute atomic E-state index is 13.6. The largest absolute Gasteiger partial charge is 0.352 e. The molecule has 3 rings (SSSR count). The number of carbonyl (C=O) groups is 2. The molecule has 1 aliphatic carbocycles. The van der Waals surface area contributed by atoms with Crippen LogP contribution in [0.1, 0.15) is 43.7 Å². The molecule has 1 N–H and O–H groups in total. The van der Waals surface area contributed by atoms with Gasteiger partial charge in [-0.05, 0) is 68.1 Å². The lowest BCUT2D eigenvalue weighted by Gasteiger charge is -2.32. The minimum atomic E-state index is -3.83. The van der Waals surface area contributed by atoms with Crippen LogP contribution in [-0.4, -0.2) is 50.0 Å². The van der Waals surface area contributed by atoms with Crippen molar-refractivity contribution >= 4 is 62.3 Å². The van der Waals surface area contributed by atoms with Gasteiger partial charge in [0.05, 0.1) is 22.0 Å². The molecule has 1 aliphatic rings. The summed E-state index contributed by atoms with van der Waals surface area (Å²) < 4.78 is 26.5. The van der Waals surface area contributed by atoms with Crippen LogP contribution in [0.25, 0.3) is 0 Å². The van der Waals surface area contributed by atoms with Crippen LogP contribution in [0.4, 0.5) is 5.69 Å². The summed E-state index contributed by atoms with van der Waals surface area (Å²) >= 11 is 18.3. The average molecular weight is 575 g/mol. The monoisotopic (exact) mass is 573 g/mol. The molecular formula is C25H30Cl3N3O4S. The Hall–Kier alpha value is -2.00. The summed E-state index contributed by atoms with van der Waals surface area (Å²) in [6.45, 7) is 2.92. The van der Waals surface area contributed by atoms with Crippen LogP contribution in [0.2, 0.25) is 15.1 Å². The molecule has 1 atom stereocenters. The number of nitrogens with zero attached hydrogens (tertiary/aromatic N) is 2. The fourth-order valence-corrected chi connectivity index (χ4v) is 5.76. The van der Waals surface area contributed by atoms with Gasteiger partial charge in [-0.15, -0.1) is 0 Å². The zero-order valence-corrected chi connectivity index (χ0v) is 23.5. The quantitative estimate of drug-likeness (QED) is 0.446. The van der Waals surface area contributed by atoms with Crippen LogP contribution < -0.4 is 9.62 Å². The smallest absolute Gasteiger partial charge is 0.244 e. The lowest BCUT2D eigenvalue weighted by Crippen LogP contribution is -2.52. The molecule has 36 heavy (non-hydrogen) atoms. The first-order chi connectivity index (χ1) is 16.9. The number of amides is 2. The highest BCUT2D eigenvalue weighted by molar-refractivity contribution is 7.92. The average Bonchev–Trinajstić information content (AvgIpc) is 3.30. The van der Waals surface area contributed by atoms with Crippen molar-refractivity contribution in [1.29, 1.82) is 0 Å². The molecule has 0 aromatic heterocycles. The first-order valence-electron chi connectivity index (χ1n) is 11.6. The second-order valence-corrected chi connectivity index (χ2v) is 12.3. The summed E-state index contributed by atoms with van der Waals surface area (Å²) in [4.78, 5) is 28.1. The second-order valence-electron chi connectivity index (χ2n) is 9.14. The van der Waals surface area contributed by atoms with Crippen molar-refractivity contribution in [2.45, 2.75) is 58.2 Å². The predicted octanol–water partition coefficient (Wildman–Crippen LogP) is 5.20. The number of hydrogen-bond donors (Lipinski definition) is 1. The van der Waals surface area contributed by atoms with Crippen molar-refractivity contribution in [2.24, 2.45) is 0 Å². The topological polar surface area (TPSA) is 86.8 Å². The van der Waals surface area contributed by atoms with Gasteiger partial charge in [-0.1, -0.05) is 53.7 Å². The SMILES string of the molecule is Cc1cc(Cl)ccc1N(CC(=O)N(Cc1ccc(Cl)c(Cl)c1)C(C)C(=O)NC1CCCC1)S(C)(=O)=O. The Labute approximate surface area is 227 Å². The highest BCUT2D eigenvalue weighted by Crippen LogP contribution is 2.27. The van der Waals surface area contributed by atoms with E-state index in [4.69, 9.17) is 34.8 Å². The molecule has 0 saturated heterocycles. The summed E-state index contributed by atoms with van der Waals surface area (Å²) in [5.41, 5.74) is 1.60. The molecule has 11 heteroatoms. The number of benzene rings is 2. The van der Waals surface area contributed by atoms with E-state index in [1.54, 1.807) is 50.2 Å².